The van der Waals surface area contributed by atoms with Gasteiger partial charge in [0, 0.05) is 18.1 Å². The van der Waals surface area contributed by atoms with Crippen molar-refractivity contribution in [2.75, 3.05) is 19.6 Å². The second kappa shape index (κ2) is 6.17. The number of aliphatic hydroxyl groups excluding tert-OH is 1. The van der Waals surface area contributed by atoms with Gasteiger partial charge in [0.15, 0.2) is 0 Å². The third-order valence-corrected chi connectivity index (χ3v) is 3.75. The molecule has 3 atom stereocenters. The van der Waals surface area contributed by atoms with Gasteiger partial charge in [-0.25, -0.2) is 0 Å². The van der Waals surface area contributed by atoms with Crippen LogP contribution >= 0.6 is 0 Å². The van der Waals surface area contributed by atoms with Gasteiger partial charge in [-0.2, -0.15) is 0 Å². The molecule has 0 radical (unpaired) electrons. The van der Waals surface area contributed by atoms with Crippen LogP contribution in [0.25, 0.3) is 0 Å². The van der Waals surface area contributed by atoms with Crippen molar-refractivity contribution in [2.45, 2.75) is 65.1 Å². The van der Waals surface area contributed by atoms with Crippen molar-refractivity contribution < 1.29 is 5.11 Å². The van der Waals surface area contributed by atoms with Crippen LogP contribution in [-0.4, -0.2) is 47.3 Å². The Kier molecular flexibility index (Phi) is 5.42. The molecule has 0 spiro atoms. The maximum absolute atomic E-state index is 9.66. The third-order valence-electron chi connectivity index (χ3n) is 3.75. The Bertz CT molecular complexity index is 223. The molecular formula is C14H30N2O. The zero-order valence-electron chi connectivity index (χ0n) is 12.2. The quantitative estimate of drug-likeness (QED) is 0.790. The van der Waals surface area contributed by atoms with Crippen LogP contribution in [0, 0.1) is 5.92 Å². The molecule has 3 unspecified atom stereocenters. The smallest absolute Gasteiger partial charge is 0.0664 e. The van der Waals surface area contributed by atoms with E-state index in [1.165, 1.54) is 12.8 Å². The highest BCUT2D eigenvalue weighted by Gasteiger charge is 2.26. The molecule has 1 aliphatic rings. The van der Waals surface area contributed by atoms with Crippen LogP contribution in [0.15, 0.2) is 0 Å². The fourth-order valence-corrected chi connectivity index (χ4v) is 2.39. The topological polar surface area (TPSA) is 35.5 Å². The number of nitrogens with zero attached hydrogens (tertiary/aromatic N) is 1. The van der Waals surface area contributed by atoms with Crippen molar-refractivity contribution in [2.24, 2.45) is 5.92 Å². The summed E-state index contributed by atoms with van der Waals surface area (Å²) < 4.78 is 0. The number of aliphatic hydroxyl groups is 1. The van der Waals surface area contributed by atoms with E-state index in [1.807, 2.05) is 6.92 Å². The third kappa shape index (κ3) is 5.36. The Labute approximate surface area is 107 Å². The van der Waals surface area contributed by atoms with Gasteiger partial charge in [0.1, 0.15) is 0 Å². The molecule has 1 aliphatic heterocycles. The van der Waals surface area contributed by atoms with E-state index >= 15 is 0 Å². The van der Waals surface area contributed by atoms with Gasteiger partial charge in [-0.05, 0) is 66.5 Å². The van der Waals surface area contributed by atoms with Gasteiger partial charge in [0.05, 0.1) is 6.10 Å². The minimum Gasteiger partial charge on any atom is -0.392 e. The lowest BCUT2D eigenvalue weighted by Crippen LogP contribution is -2.49. The number of likely N-dealkylation sites (tertiary alicyclic amines) is 1. The molecule has 2 N–H and O–H groups in total. The Hall–Kier alpha value is -0.120. The molecular weight excluding hydrogens is 212 g/mol. The Morgan fingerprint density at radius 3 is 2.53 bits per heavy atom. The maximum atomic E-state index is 9.66. The SMILES string of the molecule is CC(O)C(C)N1CCCC(CNC(C)(C)C)C1. The normalized spacial score (nSPS) is 26.8. The zero-order chi connectivity index (χ0) is 13.1. The van der Waals surface area contributed by atoms with Gasteiger partial charge in [0.2, 0.25) is 0 Å². The molecule has 1 fully saturated rings. The monoisotopic (exact) mass is 242 g/mol. The summed E-state index contributed by atoms with van der Waals surface area (Å²) in [5.74, 6) is 0.726. The van der Waals surface area contributed by atoms with E-state index in [2.05, 4.69) is 37.9 Å². The summed E-state index contributed by atoms with van der Waals surface area (Å²) in [5, 5.41) is 13.3. The van der Waals surface area contributed by atoms with Gasteiger partial charge >= 0.3 is 0 Å². The van der Waals surface area contributed by atoms with Gasteiger partial charge in [-0.3, -0.25) is 4.90 Å². The van der Waals surface area contributed by atoms with Crippen LogP contribution in [-0.2, 0) is 0 Å². The predicted octanol–water partition coefficient (Wildman–Crippen LogP) is 1.86. The first-order chi connectivity index (χ1) is 7.79. The minimum absolute atomic E-state index is 0.207. The number of piperidine rings is 1. The van der Waals surface area contributed by atoms with Gasteiger partial charge in [-0.15, -0.1) is 0 Å². The van der Waals surface area contributed by atoms with Crippen molar-refractivity contribution in [3.8, 4) is 0 Å². The number of hydrogen-bond donors (Lipinski definition) is 2. The molecule has 0 aromatic carbocycles. The molecule has 0 aliphatic carbocycles. The van der Waals surface area contributed by atoms with E-state index in [0.717, 1.165) is 25.6 Å². The van der Waals surface area contributed by atoms with Crippen LogP contribution in [0.5, 0.6) is 0 Å². The summed E-state index contributed by atoms with van der Waals surface area (Å²) in [6, 6.07) is 0.285. The van der Waals surface area contributed by atoms with E-state index < -0.39 is 0 Å². The maximum Gasteiger partial charge on any atom is 0.0664 e. The zero-order valence-corrected chi connectivity index (χ0v) is 12.2. The lowest BCUT2D eigenvalue weighted by atomic mass is 9.95. The molecule has 17 heavy (non-hydrogen) atoms. The van der Waals surface area contributed by atoms with Crippen LogP contribution in [0.1, 0.15) is 47.5 Å². The second-order valence-corrected chi connectivity index (χ2v) is 6.62. The molecule has 1 heterocycles. The summed E-state index contributed by atoms with van der Waals surface area (Å²) in [7, 11) is 0. The summed E-state index contributed by atoms with van der Waals surface area (Å²) >= 11 is 0. The summed E-state index contributed by atoms with van der Waals surface area (Å²) in [6.45, 7) is 14.0. The molecule has 0 aromatic heterocycles. The van der Waals surface area contributed by atoms with E-state index in [4.69, 9.17) is 0 Å². The first kappa shape index (κ1) is 14.9. The van der Waals surface area contributed by atoms with Gasteiger partial charge in [-0.1, -0.05) is 0 Å². The highest BCUT2D eigenvalue weighted by Crippen LogP contribution is 2.19. The summed E-state index contributed by atoms with van der Waals surface area (Å²) in [5.41, 5.74) is 0.207. The minimum atomic E-state index is -0.232. The first-order valence-corrected chi connectivity index (χ1v) is 6.97. The molecule has 0 saturated carbocycles. The molecule has 0 bridgehead atoms. The van der Waals surface area contributed by atoms with Gasteiger partial charge in [0.25, 0.3) is 0 Å². The lowest BCUT2D eigenvalue weighted by molar-refractivity contribution is 0.0423. The highest BCUT2D eigenvalue weighted by molar-refractivity contribution is 4.82. The number of rotatable bonds is 4. The van der Waals surface area contributed by atoms with Crippen molar-refractivity contribution >= 4 is 0 Å². The predicted molar refractivity (Wildman–Crippen MR) is 73.2 cm³/mol. The molecule has 1 rings (SSSR count). The van der Waals surface area contributed by atoms with Crippen molar-refractivity contribution in [3.05, 3.63) is 0 Å². The Morgan fingerprint density at radius 1 is 1.35 bits per heavy atom. The Balaban J connectivity index is 2.39. The fraction of sp³-hybridized carbons (Fsp3) is 1.00. The van der Waals surface area contributed by atoms with Crippen LogP contribution in [0.2, 0.25) is 0 Å². The fourth-order valence-electron chi connectivity index (χ4n) is 2.39. The van der Waals surface area contributed by atoms with E-state index in [-0.39, 0.29) is 17.7 Å². The molecule has 1 saturated heterocycles. The van der Waals surface area contributed by atoms with E-state index in [0.29, 0.717) is 0 Å². The van der Waals surface area contributed by atoms with Crippen molar-refractivity contribution in [3.63, 3.8) is 0 Å². The van der Waals surface area contributed by atoms with Crippen LogP contribution in [0.4, 0.5) is 0 Å². The molecule has 3 heteroatoms. The van der Waals surface area contributed by atoms with Crippen LogP contribution < -0.4 is 5.32 Å². The van der Waals surface area contributed by atoms with E-state index in [9.17, 15) is 5.11 Å². The van der Waals surface area contributed by atoms with Crippen molar-refractivity contribution in [1.82, 2.24) is 10.2 Å². The standard InChI is InChI=1S/C14H30N2O/c1-11(12(2)17)16-8-6-7-13(10-16)9-15-14(3,4)5/h11-13,15,17H,6-10H2,1-5H3. The summed E-state index contributed by atoms with van der Waals surface area (Å²) in [4.78, 5) is 2.43. The summed E-state index contributed by atoms with van der Waals surface area (Å²) in [6.07, 6.45) is 2.34. The largest absolute Gasteiger partial charge is 0.392 e. The molecule has 3 nitrogen and oxygen atoms in total. The van der Waals surface area contributed by atoms with Gasteiger partial charge < -0.3 is 10.4 Å². The van der Waals surface area contributed by atoms with Crippen molar-refractivity contribution in [1.29, 1.82) is 0 Å². The number of hydrogen-bond acceptors (Lipinski definition) is 3. The van der Waals surface area contributed by atoms with Crippen LogP contribution in [0.3, 0.4) is 0 Å². The average Bonchev–Trinajstić information content (AvgIpc) is 2.24. The molecule has 0 amide bonds. The Morgan fingerprint density at radius 2 is 2.00 bits per heavy atom. The highest BCUT2D eigenvalue weighted by atomic mass is 16.3. The molecule has 0 aromatic rings. The number of nitrogens with one attached hydrogen (secondary N) is 1. The van der Waals surface area contributed by atoms with E-state index in [1.54, 1.807) is 0 Å². The molecule has 102 valence electrons. The lowest BCUT2D eigenvalue weighted by Gasteiger charge is -2.39. The average molecular weight is 242 g/mol. The first-order valence-electron chi connectivity index (χ1n) is 6.97. The second-order valence-electron chi connectivity index (χ2n) is 6.62.